The van der Waals surface area contributed by atoms with Crippen LogP contribution in [0, 0.1) is 25.2 Å². The molecule has 0 aromatic carbocycles. The van der Waals surface area contributed by atoms with Crippen molar-refractivity contribution in [2.75, 3.05) is 17.2 Å². The zero-order valence-corrected chi connectivity index (χ0v) is 19.7. The van der Waals surface area contributed by atoms with Gasteiger partial charge in [0.25, 0.3) is 11.8 Å². The van der Waals surface area contributed by atoms with E-state index in [1.54, 1.807) is 12.1 Å². The molecule has 2 N–H and O–H groups in total. The van der Waals surface area contributed by atoms with Crippen LogP contribution in [-0.2, 0) is 9.53 Å². The minimum atomic E-state index is -0.683. The smallest absolute Gasteiger partial charge is 0.348 e. The molecule has 1 fully saturated rings. The minimum Gasteiger partial charge on any atom is -0.459 e. The molecule has 0 radical (unpaired) electrons. The average molecular weight is 481 g/mol. The van der Waals surface area contributed by atoms with Crippen LogP contribution in [-0.4, -0.2) is 29.0 Å². The quantitative estimate of drug-likeness (QED) is 0.468. The maximum Gasteiger partial charge on any atom is 0.348 e. The Morgan fingerprint density at radius 2 is 1.97 bits per heavy atom. The second-order valence-corrected chi connectivity index (χ2v) is 9.16. The van der Waals surface area contributed by atoms with Gasteiger partial charge in [-0.25, -0.2) is 4.79 Å². The molecule has 0 saturated heterocycles. The van der Waals surface area contributed by atoms with Gasteiger partial charge in [0.15, 0.2) is 12.4 Å². The number of aromatic nitrogens is 1. The number of anilines is 2. The van der Waals surface area contributed by atoms with Gasteiger partial charge in [-0.05, 0) is 56.5 Å². The number of nitrogens with zero attached hydrogens (tertiary/aromatic N) is 2. The third-order valence-corrected chi connectivity index (χ3v) is 6.92. The van der Waals surface area contributed by atoms with Crippen molar-refractivity contribution in [2.45, 2.75) is 45.6 Å². The van der Waals surface area contributed by atoms with E-state index in [0.717, 1.165) is 48.3 Å². The monoisotopic (exact) mass is 480 g/mol. The summed E-state index contributed by atoms with van der Waals surface area (Å²) in [6, 6.07) is 8.63. The number of furan rings is 1. The Balaban J connectivity index is 1.38. The maximum atomic E-state index is 12.6. The van der Waals surface area contributed by atoms with E-state index in [9.17, 15) is 19.6 Å². The highest BCUT2D eigenvalue weighted by atomic mass is 32.1. The lowest BCUT2D eigenvalue weighted by atomic mass is 10.2. The Morgan fingerprint density at radius 3 is 2.65 bits per heavy atom. The topological polar surface area (TPSA) is 126 Å². The summed E-state index contributed by atoms with van der Waals surface area (Å²) >= 11 is 1.03. The van der Waals surface area contributed by atoms with Crippen molar-refractivity contribution >= 4 is 39.9 Å². The second kappa shape index (κ2) is 9.97. The van der Waals surface area contributed by atoms with Crippen LogP contribution in [0.1, 0.15) is 68.8 Å². The van der Waals surface area contributed by atoms with Gasteiger partial charge in [0.05, 0.1) is 16.8 Å². The molecule has 3 aromatic rings. The van der Waals surface area contributed by atoms with Crippen molar-refractivity contribution in [1.29, 1.82) is 5.26 Å². The maximum absolute atomic E-state index is 12.6. The zero-order chi connectivity index (χ0) is 24.2. The van der Waals surface area contributed by atoms with Gasteiger partial charge < -0.3 is 24.4 Å². The van der Waals surface area contributed by atoms with E-state index in [2.05, 4.69) is 16.7 Å². The molecule has 1 aliphatic carbocycles. The Hall–Kier alpha value is -3.84. The van der Waals surface area contributed by atoms with Crippen molar-refractivity contribution in [3.8, 4) is 6.07 Å². The number of ether oxygens (including phenoxy) is 1. The van der Waals surface area contributed by atoms with E-state index in [1.165, 1.54) is 18.4 Å². The lowest BCUT2D eigenvalue weighted by Crippen LogP contribution is -2.23. The molecule has 3 heterocycles. The highest BCUT2D eigenvalue weighted by Gasteiger charge is 2.27. The van der Waals surface area contributed by atoms with Crippen LogP contribution in [0.3, 0.4) is 0 Å². The summed E-state index contributed by atoms with van der Waals surface area (Å²) < 4.78 is 12.2. The summed E-state index contributed by atoms with van der Waals surface area (Å²) in [4.78, 5) is 37.3. The van der Waals surface area contributed by atoms with Crippen LogP contribution >= 0.6 is 11.3 Å². The Kier molecular flexibility index (Phi) is 6.84. The standard InChI is InChI=1S/C24H24N4O5S/c1-14-15(2)28(16-6-3-4-7-16)22(17(14)12-25)26-20(29)13-33-24(31)19-9-10-21(34-19)27-23(30)18-8-5-11-32-18/h5,8-11,16H,3-4,6-7,13H2,1-2H3,(H,26,29)(H,27,30). The molecule has 34 heavy (non-hydrogen) atoms. The molecule has 0 aliphatic heterocycles. The number of rotatable bonds is 7. The fraction of sp³-hybridized carbons (Fsp3) is 0.333. The first-order valence-corrected chi connectivity index (χ1v) is 11.7. The van der Waals surface area contributed by atoms with Crippen molar-refractivity contribution < 1.29 is 23.5 Å². The van der Waals surface area contributed by atoms with Gasteiger partial charge in [-0.2, -0.15) is 5.26 Å². The predicted molar refractivity (Wildman–Crippen MR) is 126 cm³/mol. The first-order chi connectivity index (χ1) is 16.4. The summed E-state index contributed by atoms with van der Waals surface area (Å²) in [5.41, 5.74) is 2.22. The zero-order valence-electron chi connectivity index (χ0n) is 18.8. The van der Waals surface area contributed by atoms with Gasteiger partial charge in [-0.15, -0.1) is 11.3 Å². The summed E-state index contributed by atoms with van der Waals surface area (Å²) in [5.74, 6) is -1.03. The van der Waals surface area contributed by atoms with Crippen molar-refractivity contribution in [3.63, 3.8) is 0 Å². The average Bonchev–Trinajstić information content (AvgIpc) is 3.62. The summed E-state index contributed by atoms with van der Waals surface area (Å²) in [7, 11) is 0. The number of carbonyl (C=O) groups is 3. The lowest BCUT2D eigenvalue weighted by molar-refractivity contribution is -0.119. The van der Waals surface area contributed by atoms with Gasteiger partial charge in [-0.1, -0.05) is 12.8 Å². The molecule has 0 bridgehead atoms. The normalized spacial score (nSPS) is 13.4. The van der Waals surface area contributed by atoms with Gasteiger partial charge in [0.2, 0.25) is 0 Å². The summed E-state index contributed by atoms with van der Waals surface area (Å²) in [6.45, 7) is 3.32. The number of nitrogens with one attached hydrogen (secondary N) is 2. The first kappa shape index (κ1) is 23.3. The number of hydrogen-bond donors (Lipinski definition) is 2. The molecule has 2 amide bonds. The van der Waals surface area contributed by atoms with Gasteiger partial charge in [0, 0.05) is 11.7 Å². The Bertz CT molecular complexity index is 1260. The third-order valence-electron chi connectivity index (χ3n) is 5.94. The predicted octanol–water partition coefficient (Wildman–Crippen LogP) is 4.79. The minimum absolute atomic E-state index is 0.152. The van der Waals surface area contributed by atoms with Gasteiger partial charge in [-0.3, -0.25) is 9.59 Å². The number of amides is 2. The fourth-order valence-electron chi connectivity index (χ4n) is 4.17. The van der Waals surface area contributed by atoms with E-state index in [0.29, 0.717) is 16.4 Å². The van der Waals surface area contributed by atoms with Crippen molar-refractivity contribution in [2.24, 2.45) is 0 Å². The fourth-order valence-corrected chi connectivity index (χ4v) is 4.97. The molecular weight excluding hydrogens is 456 g/mol. The van der Waals surface area contributed by atoms with E-state index < -0.39 is 24.4 Å². The van der Waals surface area contributed by atoms with Crippen LogP contribution in [0.2, 0.25) is 0 Å². The van der Waals surface area contributed by atoms with Gasteiger partial charge >= 0.3 is 5.97 Å². The highest BCUT2D eigenvalue weighted by molar-refractivity contribution is 7.18. The first-order valence-electron chi connectivity index (χ1n) is 10.9. The Morgan fingerprint density at radius 1 is 1.21 bits per heavy atom. The molecule has 0 unspecified atom stereocenters. The molecule has 9 nitrogen and oxygen atoms in total. The molecule has 176 valence electrons. The number of carbonyl (C=O) groups excluding carboxylic acids is 3. The van der Waals surface area contributed by atoms with Crippen LogP contribution in [0.25, 0.3) is 0 Å². The summed E-state index contributed by atoms with van der Waals surface area (Å²) in [5, 5.41) is 15.5. The van der Waals surface area contributed by atoms with Crippen LogP contribution in [0.4, 0.5) is 10.8 Å². The van der Waals surface area contributed by atoms with Crippen molar-refractivity contribution in [1.82, 2.24) is 4.57 Å². The molecule has 10 heteroatoms. The molecular formula is C24H24N4O5S. The molecule has 1 aliphatic rings. The molecule has 3 aromatic heterocycles. The van der Waals surface area contributed by atoms with Crippen LogP contribution in [0.5, 0.6) is 0 Å². The highest BCUT2D eigenvalue weighted by Crippen LogP contribution is 2.37. The number of thiophene rings is 1. The van der Waals surface area contributed by atoms with Crippen LogP contribution < -0.4 is 10.6 Å². The third kappa shape index (κ3) is 4.75. The summed E-state index contributed by atoms with van der Waals surface area (Å²) in [6.07, 6.45) is 5.60. The molecule has 4 rings (SSSR count). The molecule has 1 saturated carbocycles. The van der Waals surface area contributed by atoms with E-state index in [1.807, 2.05) is 18.4 Å². The Labute approximate surface area is 200 Å². The second-order valence-electron chi connectivity index (χ2n) is 8.07. The van der Waals surface area contributed by atoms with E-state index in [4.69, 9.17) is 9.15 Å². The molecule has 0 atom stereocenters. The number of nitriles is 1. The van der Waals surface area contributed by atoms with E-state index in [-0.39, 0.29) is 16.7 Å². The van der Waals surface area contributed by atoms with Crippen molar-refractivity contribution in [3.05, 3.63) is 58.0 Å². The number of hydrogen-bond acceptors (Lipinski definition) is 7. The van der Waals surface area contributed by atoms with Crippen LogP contribution in [0.15, 0.2) is 34.9 Å². The number of esters is 1. The largest absolute Gasteiger partial charge is 0.459 e. The molecule has 0 spiro atoms. The SMILES string of the molecule is Cc1c(C#N)c(NC(=O)COC(=O)c2ccc(NC(=O)c3ccco3)s2)n(C2CCCC2)c1C. The lowest BCUT2D eigenvalue weighted by Gasteiger charge is -2.19. The van der Waals surface area contributed by atoms with Gasteiger partial charge in [0.1, 0.15) is 16.8 Å². The van der Waals surface area contributed by atoms with E-state index >= 15 is 0 Å².